The summed E-state index contributed by atoms with van der Waals surface area (Å²) < 4.78 is 12.1. The molecule has 8 nitrogen and oxygen atoms in total. The van der Waals surface area contributed by atoms with Gasteiger partial charge in [-0.25, -0.2) is 0 Å². The van der Waals surface area contributed by atoms with Crippen molar-refractivity contribution in [2.75, 3.05) is 31.0 Å². The van der Waals surface area contributed by atoms with E-state index in [1.54, 1.807) is 54.2 Å². The summed E-state index contributed by atoms with van der Waals surface area (Å²) in [6.45, 7) is 0.292. The fourth-order valence-electron chi connectivity index (χ4n) is 2.83. The normalized spacial score (nSPS) is 16.8. The lowest BCUT2D eigenvalue weighted by molar-refractivity contribution is -0.122. The van der Waals surface area contributed by atoms with Gasteiger partial charge in [0.2, 0.25) is 11.8 Å². The highest BCUT2D eigenvalue weighted by Gasteiger charge is 2.36. The molecule has 1 N–H and O–H groups in total. The predicted octanol–water partition coefficient (Wildman–Crippen LogP) is 1.43. The van der Waals surface area contributed by atoms with Crippen LogP contribution in [0.3, 0.4) is 0 Å². The summed E-state index contributed by atoms with van der Waals surface area (Å²) in [6, 6.07) is 6.93. The third-order valence-electron chi connectivity index (χ3n) is 4.14. The van der Waals surface area contributed by atoms with Gasteiger partial charge in [0.25, 0.3) is 0 Å². The van der Waals surface area contributed by atoms with E-state index in [1.807, 2.05) is 0 Å². The lowest BCUT2D eigenvalue weighted by atomic mass is 10.1. The first-order valence-electron chi connectivity index (χ1n) is 7.84. The summed E-state index contributed by atoms with van der Waals surface area (Å²) in [6.07, 6.45) is 1.89. The van der Waals surface area contributed by atoms with E-state index in [9.17, 15) is 9.59 Å². The highest BCUT2D eigenvalue weighted by Crippen LogP contribution is 2.35. The molecule has 1 saturated heterocycles. The number of nitrogens with one attached hydrogen (secondary N) is 1. The molecule has 0 radical (unpaired) electrons. The van der Waals surface area contributed by atoms with Crippen LogP contribution in [0.4, 0.5) is 11.5 Å². The number of ether oxygens (including phenoxy) is 2. The number of nitrogens with zero attached hydrogens (tertiary/aromatic N) is 3. The lowest BCUT2D eigenvalue weighted by Crippen LogP contribution is -2.28. The quantitative estimate of drug-likeness (QED) is 0.887. The molecule has 0 unspecified atom stereocenters. The van der Waals surface area contributed by atoms with Crippen LogP contribution in [0.5, 0.6) is 11.5 Å². The number of methoxy groups -OCH3 is 2. The summed E-state index contributed by atoms with van der Waals surface area (Å²) in [5.74, 6) is 0.851. The summed E-state index contributed by atoms with van der Waals surface area (Å²) in [5, 5.41) is 6.86. The van der Waals surface area contributed by atoms with Gasteiger partial charge in [-0.2, -0.15) is 5.10 Å². The summed E-state index contributed by atoms with van der Waals surface area (Å²) >= 11 is 0. The van der Waals surface area contributed by atoms with Crippen LogP contribution in [0.25, 0.3) is 0 Å². The molecule has 2 amide bonds. The number of carbonyl (C=O) groups excluding carboxylic acids is 2. The molecule has 2 aromatic rings. The van der Waals surface area contributed by atoms with Gasteiger partial charge in [0, 0.05) is 38.3 Å². The Morgan fingerprint density at radius 1 is 1.28 bits per heavy atom. The Labute approximate surface area is 145 Å². The number of aromatic nitrogens is 2. The van der Waals surface area contributed by atoms with Crippen LogP contribution in [-0.2, 0) is 16.6 Å². The van der Waals surface area contributed by atoms with Crippen molar-refractivity contribution in [2.24, 2.45) is 13.0 Å². The van der Waals surface area contributed by atoms with Gasteiger partial charge in [0.1, 0.15) is 11.5 Å². The Balaban J connectivity index is 1.75. The number of aryl methyl sites for hydroxylation is 1. The van der Waals surface area contributed by atoms with E-state index < -0.39 is 5.92 Å². The van der Waals surface area contributed by atoms with Crippen molar-refractivity contribution < 1.29 is 19.1 Å². The smallest absolute Gasteiger partial charge is 0.231 e. The first kappa shape index (κ1) is 16.8. The number of hydrogen-bond donors (Lipinski definition) is 1. The molecule has 8 heteroatoms. The Hall–Kier alpha value is -3.03. The van der Waals surface area contributed by atoms with Gasteiger partial charge in [-0.15, -0.1) is 0 Å². The minimum absolute atomic E-state index is 0.121. The first-order chi connectivity index (χ1) is 12.0. The van der Waals surface area contributed by atoms with Crippen molar-refractivity contribution >= 4 is 23.3 Å². The van der Waals surface area contributed by atoms with Crippen LogP contribution in [0.1, 0.15) is 6.42 Å². The van der Waals surface area contributed by atoms with Crippen molar-refractivity contribution in [3.8, 4) is 11.5 Å². The van der Waals surface area contributed by atoms with Crippen molar-refractivity contribution in [1.82, 2.24) is 9.78 Å². The molecule has 0 saturated carbocycles. The molecule has 0 spiro atoms. The third kappa shape index (κ3) is 3.42. The van der Waals surface area contributed by atoms with Gasteiger partial charge in [-0.1, -0.05) is 0 Å². The van der Waals surface area contributed by atoms with E-state index in [4.69, 9.17) is 9.47 Å². The average molecular weight is 344 g/mol. The second kappa shape index (κ2) is 6.84. The molecule has 3 rings (SSSR count). The van der Waals surface area contributed by atoms with Crippen molar-refractivity contribution in [2.45, 2.75) is 6.42 Å². The van der Waals surface area contributed by atoms with Crippen LogP contribution in [-0.4, -0.2) is 42.4 Å². The zero-order valence-corrected chi connectivity index (χ0v) is 14.4. The zero-order chi connectivity index (χ0) is 18.0. The maximum absolute atomic E-state index is 12.4. The predicted molar refractivity (Wildman–Crippen MR) is 91.8 cm³/mol. The second-order valence-electron chi connectivity index (χ2n) is 5.81. The molecular formula is C17H20N4O4. The minimum atomic E-state index is -0.443. The maximum atomic E-state index is 12.4. The number of hydrogen-bond acceptors (Lipinski definition) is 5. The van der Waals surface area contributed by atoms with Gasteiger partial charge in [-0.3, -0.25) is 14.3 Å². The third-order valence-corrected chi connectivity index (χ3v) is 4.14. The van der Waals surface area contributed by atoms with Gasteiger partial charge < -0.3 is 19.7 Å². The summed E-state index contributed by atoms with van der Waals surface area (Å²) in [7, 11) is 4.87. The van der Waals surface area contributed by atoms with Crippen LogP contribution in [0.15, 0.2) is 30.5 Å². The number of benzene rings is 1. The summed E-state index contributed by atoms with van der Waals surface area (Å²) in [5.41, 5.74) is 0.626. The molecule has 0 aliphatic carbocycles. The number of anilines is 2. The van der Waals surface area contributed by atoms with E-state index >= 15 is 0 Å². The molecule has 0 bridgehead atoms. The molecule has 25 heavy (non-hydrogen) atoms. The lowest BCUT2D eigenvalue weighted by Gasteiger charge is -2.20. The van der Waals surface area contributed by atoms with E-state index in [0.717, 1.165) is 0 Å². The molecule has 1 aromatic heterocycles. The van der Waals surface area contributed by atoms with Crippen molar-refractivity contribution in [3.05, 3.63) is 30.5 Å². The number of rotatable bonds is 5. The van der Waals surface area contributed by atoms with Gasteiger partial charge in [0.15, 0.2) is 5.82 Å². The van der Waals surface area contributed by atoms with Crippen LogP contribution in [0, 0.1) is 5.92 Å². The highest BCUT2D eigenvalue weighted by atomic mass is 16.5. The van der Waals surface area contributed by atoms with Crippen LogP contribution in [0.2, 0.25) is 0 Å². The fraction of sp³-hybridized carbons (Fsp3) is 0.353. The van der Waals surface area contributed by atoms with E-state index in [0.29, 0.717) is 29.5 Å². The average Bonchev–Trinajstić information content (AvgIpc) is 3.19. The molecule has 2 heterocycles. The monoisotopic (exact) mass is 344 g/mol. The standard InChI is InChI=1S/C17H20N4O4/c1-20-7-6-15(19-20)18-17(23)11-8-16(22)21(10-11)13-5-4-12(24-2)9-14(13)25-3/h4-7,9,11H,8,10H2,1-3H3,(H,18,19,23)/t11-/m0/s1. The highest BCUT2D eigenvalue weighted by molar-refractivity contribution is 6.04. The largest absolute Gasteiger partial charge is 0.497 e. The topological polar surface area (TPSA) is 85.7 Å². The first-order valence-corrected chi connectivity index (χ1v) is 7.84. The number of amides is 2. The maximum Gasteiger partial charge on any atom is 0.231 e. The molecule has 1 aromatic carbocycles. The van der Waals surface area contributed by atoms with Gasteiger partial charge in [0.05, 0.1) is 25.8 Å². The molecule has 132 valence electrons. The Kier molecular flexibility index (Phi) is 4.60. The SMILES string of the molecule is COc1ccc(N2C[C@@H](C(=O)Nc3ccn(C)n3)CC2=O)c(OC)c1. The fourth-order valence-corrected chi connectivity index (χ4v) is 2.83. The molecule has 1 atom stereocenters. The molecular weight excluding hydrogens is 324 g/mol. The van der Waals surface area contributed by atoms with Crippen molar-refractivity contribution in [3.63, 3.8) is 0 Å². The van der Waals surface area contributed by atoms with E-state index in [1.165, 1.54) is 7.11 Å². The number of carbonyl (C=O) groups is 2. The Bertz CT molecular complexity index is 802. The zero-order valence-electron chi connectivity index (χ0n) is 14.4. The van der Waals surface area contributed by atoms with Crippen LogP contribution < -0.4 is 19.7 Å². The van der Waals surface area contributed by atoms with E-state index in [-0.39, 0.29) is 18.2 Å². The van der Waals surface area contributed by atoms with Crippen LogP contribution >= 0.6 is 0 Å². The molecule has 1 aliphatic rings. The molecule has 1 fully saturated rings. The van der Waals surface area contributed by atoms with E-state index in [2.05, 4.69) is 10.4 Å². The van der Waals surface area contributed by atoms with Gasteiger partial charge >= 0.3 is 0 Å². The molecule has 1 aliphatic heterocycles. The Morgan fingerprint density at radius 2 is 2.08 bits per heavy atom. The second-order valence-corrected chi connectivity index (χ2v) is 5.81. The Morgan fingerprint density at radius 3 is 2.72 bits per heavy atom. The van der Waals surface area contributed by atoms with Crippen molar-refractivity contribution in [1.29, 1.82) is 0 Å². The van der Waals surface area contributed by atoms with Gasteiger partial charge in [-0.05, 0) is 12.1 Å². The summed E-state index contributed by atoms with van der Waals surface area (Å²) in [4.78, 5) is 26.4. The minimum Gasteiger partial charge on any atom is -0.497 e.